The number of nitrogens with zero attached hydrogens (tertiary/aromatic N) is 4. The van der Waals surface area contributed by atoms with Crippen LogP contribution < -0.4 is 15.6 Å². The molecule has 1 heterocycles. The highest BCUT2D eigenvalue weighted by atomic mass is 19.1. The number of fused-ring (bicyclic) bond motifs is 1. The third kappa shape index (κ3) is 5.88. The lowest BCUT2D eigenvalue weighted by atomic mass is 9.88. The maximum absolute atomic E-state index is 13.5. The topological polar surface area (TPSA) is 129 Å². The zero-order chi connectivity index (χ0) is 28.1. The number of carbonyl (C=O) groups excluding carboxylic acids is 1. The van der Waals surface area contributed by atoms with Crippen molar-refractivity contribution in [3.8, 4) is 5.75 Å². The van der Waals surface area contributed by atoms with Gasteiger partial charge in [0.2, 0.25) is 5.75 Å². The van der Waals surface area contributed by atoms with Crippen molar-refractivity contribution in [2.45, 2.75) is 38.0 Å². The van der Waals surface area contributed by atoms with Crippen molar-refractivity contribution in [2.24, 2.45) is 5.10 Å². The second-order valence-electron chi connectivity index (χ2n) is 9.48. The first-order chi connectivity index (χ1) is 19.4. The van der Waals surface area contributed by atoms with Gasteiger partial charge in [-0.25, -0.2) is 9.37 Å². The number of hydrogen-bond acceptors (Lipinski definition) is 7. The Morgan fingerprint density at radius 3 is 2.67 bits per heavy atom. The molecule has 40 heavy (non-hydrogen) atoms. The Bertz CT molecular complexity index is 1660. The fourth-order valence-electron chi connectivity index (χ4n) is 4.84. The van der Waals surface area contributed by atoms with Gasteiger partial charge in [-0.15, -0.1) is 0 Å². The Morgan fingerprint density at radius 2 is 1.90 bits per heavy atom. The predicted molar refractivity (Wildman–Crippen MR) is 148 cm³/mol. The number of rotatable bonds is 8. The van der Waals surface area contributed by atoms with Crippen LogP contribution >= 0.6 is 0 Å². The Morgan fingerprint density at radius 1 is 1.12 bits per heavy atom. The van der Waals surface area contributed by atoms with Gasteiger partial charge in [-0.1, -0.05) is 43.5 Å². The number of amides is 1. The smallest absolute Gasteiger partial charge is 0.311 e. The number of nitro groups is 1. The summed E-state index contributed by atoms with van der Waals surface area (Å²) in [6.07, 6.45) is 6.24. The quantitative estimate of drug-likeness (QED) is 0.180. The van der Waals surface area contributed by atoms with Crippen LogP contribution in [0, 0.1) is 15.9 Å². The minimum Gasteiger partial charge on any atom is -0.476 e. The van der Waals surface area contributed by atoms with Crippen LogP contribution in [0.25, 0.3) is 10.9 Å². The molecule has 1 saturated carbocycles. The van der Waals surface area contributed by atoms with Gasteiger partial charge in [0.05, 0.1) is 22.0 Å². The second-order valence-corrected chi connectivity index (χ2v) is 9.48. The Kier molecular flexibility index (Phi) is 7.90. The molecule has 5 rings (SSSR count). The lowest BCUT2D eigenvalue weighted by Gasteiger charge is -2.22. The summed E-state index contributed by atoms with van der Waals surface area (Å²) >= 11 is 0. The fraction of sp³-hybridized carbons (Fsp3) is 0.241. The van der Waals surface area contributed by atoms with Gasteiger partial charge in [-0.05, 0) is 49.2 Å². The number of benzene rings is 3. The zero-order valence-corrected chi connectivity index (χ0v) is 21.5. The first kappa shape index (κ1) is 26.7. The first-order valence-corrected chi connectivity index (χ1v) is 12.9. The van der Waals surface area contributed by atoms with Gasteiger partial charge >= 0.3 is 5.69 Å². The van der Waals surface area contributed by atoms with E-state index in [1.54, 1.807) is 18.2 Å². The van der Waals surface area contributed by atoms with E-state index in [0.717, 1.165) is 38.2 Å². The van der Waals surface area contributed by atoms with Crippen LogP contribution in [-0.2, 0) is 4.79 Å². The standard InChI is InChI=1S/C29H26FN5O5/c30-21-11-7-12-22(16-21)32-26(36)18-40-27-20(10-6-15-25(27)35(38)39)17-31-34-28(19-8-2-1-3-9-19)33-24-14-5-4-13-23(24)29(34)37/h4-7,10-17,19H,1-3,8-9,18H2,(H,32,36). The molecule has 11 heteroatoms. The Hall–Kier alpha value is -4.93. The van der Waals surface area contributed by atoms with Gasteiger partial charge in [0.15, 0.2) is 6.61 Å². The molecule has 1 aliphatic rings. The maximum atomic E-state index is 13.5. The van der Waals surface area contributed by atoms with Gasteiger partial charge in [0.1, 0.15) is 11.6 Å². The third-order valence-electron chi connectivity index (χ3n) is 6.74. The molecule has 1 aromatic heterocycles. The van der Waals surface area contributed by atoms with Crippen molar-refractivity contribution in [3.63, 3.8) is 0 Å². The van der Waals surface area contributed by atoms with Gasteiger partial charge in [0.25, 0.3) is 11.5 Å². The number of para-hydroxylation sites is 2. The number of aromatic nitrogens is 2. The average molecular weight is 544 g/mol. The molecule has 0 aliphatic heterocycles. The number of hydrogen-bond donors (Lipinski definition) is 1. The average Bonchev–Trinajstić information content (AvgIpc) is 2.96. The highest BCUT2D eigenvalue weighted by molar-refractivity contribution is 5.92. The molecule has 1 N–H and O–H groups in total. The monoisotopic (exact) mass is 543 g/mol. The molecule has 0 radical (unpaired) electrons. The summed E-state index contributed by atoms with van der Waals surface area (Å²) in [6.45, 7) is -0.576. The summed E-state index contributed by atoms with van der Waals surface area (Å²) < 4.78 is 20.3. The highest BCUT2D eigenvalue weighted by Crippen LogP contribution is 2.33. The molecular weight excluding hydrogens is 517 g/mol. The van der Waals surface area contributed by atoms with Crippen LogP contribution in [0.2, 0.25) is 0 Å². The minimum absolute atomic E-state index is 0.0514. The lowest BCUT2D eigenvalue weighted by molar-refractivity contribution is -0.385. The number of nitro benzene ring substituents is 1. The molecule has 1 fully saturated rings. The van der Waals surface area contributed by atoms with E-state index in [0.29, 0.717) is 16.7 Å². The fourth-order valence-corrected chi connectivity index (χ4v) is 4.84. The summed E-state index contributed by atoms with van der Waals surface area (Å²) in [4.78, 5) is 41.8. The number of halogens is 1. The van der Waals surface area contributed by atoms with Crippen molar-refractivity contribution in [3.05, 3.63) is 104 Å². The molecular formula is C29H26FN5O5. The van der Waals surface area contributed by atoms with Crippen molar-refractivity contribution in [2.75, 3.05) is 11.9 Å². The maximum Gasteiger partial charge on any atom is 0.311 e. The molecule has 1 amide bonds. The largest absolute Gasteiger partial charge is 0.476 e. The predicted octanol–water partition coefficient (Wildman–Crippen LogP) is 5.39. The number of carbonyl (C=O) groups is 1. The van der Waals surface area contributed by atoms with Crippen LogP contribution in [-0.4, -0.2) is 33.3 Å². The minimum atomic E-state index is -0.638. The van der Waals surface area contributed by atoms with Crippen LogP contribution in [0.4, 0.5) is 15.8 Å². The van der Waals surface area contributed by atoms with E-state index in [1.807, 2.05) is 6.07 Å². The zero-order valence-electron chi connectivity index (χ0n) is 21.5. The van der Waals surface area contributed by atoms with E-state index in [-0.39, 0.29) is 34.2 Å². The van der Waals surface area contributed by atoms with Crippen LogP contribution in [0.15, 0.2) is 76.6 Å². The summed E-state index contributed by atoms with van der Waals surface area (Å²) in [5.41, 5.74) is 0.283. The number of anilines is 1. The third-order valence-corrected chi connectivity index (χ3v) is 6.74. The van der Waals surface area contributed by atoms with Crippen LogP contribution in [0.5, 0.6) is 5.75 Å². The van der Waals surface area contributed by atoms with E-state index in [4.69, 9.17) is 9.72 Å². The van der Waals surface area contributed by atoms with Gasteiger partial charge in [0, 0.05) is 23.2 Å². The molecule has 1 aliphatic carbocycles. The van der Waals surface area contributed by atoms with Crippen LogP contribution in [0.3, 0.4) is 0 Å². The van der Waals surface area contributed by atoms with E-state index < -0.39 is 23.3 Å². The molecule has 3 aromatic carbocycles. The number of nitrogens with one attached hydrogen (secondary N) is 1. The molecule has 0 spiro atoms. The Labute approximate surface area is 228 Å². The number of ether oxygens (including phenoxy) is 1. The molecule has 204 valence electrons. The van der Waals surface area contributed by atoms with E-state index in [1.165, 1.54) is 47.3 Å². The van der Waals surface area contributed by atoms with E-state index in [9.17, 15) is 24.1 Å². The summed E-state index contributed by atoms with van der Waals surface area (Å²) in [7, 11) is 0. The molecule has 0 unspecified atom stereocenters. The molecule has 0 saturated heterocycles. The normalized spacial score (nSPS) is 13.9. The van der Waals surface area contributed by atoms with Crippen molar-refractivity contribution >= 4 is 34.4 Å². The van der Waals surface area contributed by atoms with Crippen molar-refractivity contribution < 1.29 is 18.8 Å². The highest BCUT2D eigenvalue weighted by Gasteiger charge is 2.23. The first-order valence-electron chi connectivity index (χ1n) is 12.9. The summed E-state index contributed by atoms with van der Waals surface area (Å²) in [6, 6.07) is 16.6. The molecule has 0 bridgehead atoms. The van der Waals surface area contributed by atoms with Crippen molar-refractivity contribution in [1.82, 2.24) is 9.66 Å². The SMILES string of the molecule is O=C(COc1c(C=Nn2c(C3CCCCC3)nc3ccccc3c2=O)cccc1[N+](=O)[O-])Nc1cccc(F)c1. The summed E-state index contributed by atoms with van der Waals surface area (Å²) in [5, 5.41) is 19.1. The van der Waals surface area contributed by atoms with E-state index >= 15 is 0 Å². The van der Waals surface area contributed by atoms with Crippen LogP contribution in [0.1, 0.15) is 49.4 Å². The van der Waals surface area contributed by atoms with Gasteiger partial charge in [-0.2, -0.15) is 9.78 Å². The Balaban J connectivity index is 1.48. The molecule has 0 atom stereocenters. The van der Waals surface area contributed by atoms with Gasteiger partial charge < -0.3 is 10.1 Å². The summed E-state index contributed by atoms with van der Waals surface area (Å²) in [5.74, 6) is -0.757. The second kappa shape index (κ2) is 11.9. The van der Waals surface area contributed by atoms with Crippen molar-refractivity contribution in [1.29, 1.82) is 0 Å². The lowest BCUT2D eigenvalue weighted by Crippen LogP contribution is -2.25. The van der Waals surface area contributed by atoms with Gasteiger partial charge in [-0.3, -0.25) is 19.7 Å². The molecule has 10 nitrogen and oxygen atoms in total. The van der Waals surface area contributed by atoms with E-state index in [2.05, 4.69) is 10.4 Å². The molecule has 4 aromatic rings.